The number of rotatable bonds is 9. The molecule has 0 aliphatic heterocycles. The Bertz CT molecular complexity index is 1590. The van der Waals surface area contributed by atoms with E-state index in [4.69, 9.17) is 14.2 Å². The number of carbonyl (C=O) groups excluding carboxylic acids is 1. The number of amides is 1. The van der Waals surface area contributed by atoms with Crippen LogP contribution in [-0.2, 0) is 0 Å². The monoisotopic (exact) mass is 599 g/mol. The maximum Gasteiger partial charge on any atom is 0.405 e. The molecule has 0 bridgehead atoms. The van der Waals surface area contributed by atoms with Gasteiger partial charge in [0.2, 0.25) is 0 Å². The zero-order chi connectivity index (χ0) is 30.7. The number of pyridine rings is 2. The largest absolute Gasteiger partial charge is 0.496 e. The number of nitrogens with zero attached hydrogens (tertiary/aromatic N) is 3. The summed E-state index contributed by atoms with van der Waals surface area (Å²) in [7, 11) is 2.61. The summed E-state index contributed by atoms with van der Waals surface area (Å²) in [5.41, 5.74) is 3.72. The Kier molecular flexibility index (Phi) is 8.62. The molecule has 43 heavy (non-hydrogen) atoms. The van der Waals surface area contributed by atoms with Crippen LogP contribution in [0.3, 0.4) is 0 Å². The number of anilines is 2. The molecular weight excluding hydrogens is 567 g/mol. The molecule has 5 rings (SSSR count). The summed E-state index contributed by atoms with van der Waals surface area (Å²) in [6, 6.07) is 10.7. The molecule has 13 heteroatoms. The third-order valence-electron chi connectivity index (χ3n) is 7.17. The average Bonchev–Trinajstić information content (AvgIpc) is 3.38. The maximum absolute atomic E-state index is 12.6. The predicted molar refractivity (Wildman–Crippen MR) is 153 cm³/mol. The van der Waals surface area contributed by atoms with E-state index in [-0.39, 0.29) is 29.3 Å². The number of hydrogen-bond donors (Lipinski definition) is 3. The fourth-order valence-electron chi connectivity index (χ4n) is 5.06. The maximum atomic E-state index is 12.6. The summed E-state index contributed by atoms with van der Waals surface area (Å²) in [5, 5.41) is 19.4. The third-order valence-corrected chi connectivity index (χ3v) is 7.17. The summed E-state index contributed by atoms with van der Waals surface area (Å²) < 4.78 is 56.6. The highest BCUT2D eigenvalue weighted by Gasteiger charge is 2.30. The Morgan fingerprint density at radius 2 is 1.74 bits per heavy atom. The first kappa shape index (κ1) is 30.0. The molecule has 1 aliphatic carbocycles. The molecule has 1 aliphatic rings. The van der Waals surface area contributed by atoms with Crippen LogP contribution in [0.2, 0.25) is 0 Å². The summed E-state index contributed by atoms with van der Waals surface area (Å²) >= 11 is 0. The number of ether oxygens (including phenoxy) is 3. The molecule has 1 aromatic carbocycles. The molecule has 1 fully saturated rings. The third kappa shape index (κ3) is 7.11. The molecule has 1 saturated carbocycles. The van der Waals surface area contributed by atoms with E-state index in [1.165, 1.54) is 26.4 Å². The first-order valence-electron chi connectivity index (χ1n) is 13.7. The van der Waals surface area contributed by atoms with Crippen molar-refractivity contribution in [2.24, 2.45) is 0 Å². The first-order valence-corrected chi connectivity index (χ1v) is 13.7. The van der Waals surface area contributed by atoms with Gasteiger partial charge in [0.15, 0.2) is 5.82 Å². The van der Waals surface area contributed by atoms with Gasteiger partial charge < -0.3 is 30.0 Å². The Morgan fingerprint density at radius 3 is 2.40 bits per heavy atom. The molecule has 0 unspecified atom stereocenters. The highest BCUT2D eigenvalue weighted by Crippen LogP contribution is 2.36. The number of aryl methyl sites for hydroxylation is 1. The lowest BCUT2D eigenvalue weighted by atomic mass is 9.95. The molecule has 1 amide bonds. The Hall–Kier alpha value is -4.52. The van der Waals surface area contributed by atoms with E-state index in [9.17, 15) is 23.1 Å². The van der Waals surface area contributed by atoms with Crippen LogP contribution in [0.4, 0.5) is 24.7 Å². The number of alkyl halides is 3. The van der Waals surface area contributed by atoms with E-state index in [0.29, 0.717) is 30.1 Å². The van der Waals surface area contributed by atoms with Crippen molar-refractivity contribution in [3.05, 3.63) is 60.0 Å². The van der Waals surface area contributed by atoms with E-state index >= 15 is 0 Å². The molecule has 3 N–H and O–H groups in total. The molecular formula is C30H32F3N5O5. The highest BCUT2D eigenvalue weighted by molar-refractivity contribution is 6.00. The molecule has 10 nitrogen and oxygen atoms in total. The van der Waals surface area contributed by atoms with Crippen molar-refractivity contribution in [3.63, 3.8) is 0 Å². The molecule has 3 heterocycles. The molecule has 0 saturated heterocycles. The number of hydrogen-bond acceptors (Lipinski definition) is 8. The smallest absolute Gasteiger partial charge is 0.405 e. The topological polar surface area (TPSA) is 119 Å². The van der Waals surface area contributed by atoms with E-state index in [1.807, 2.05) is 42.7 Å². The van der Waals surface area contributed by atoms with Crippen molar-refractivity contribution in [1.82, 2.24) is 19.9 Å². The second-order valence-corrected chi connectivity index (χ2v) is 10.4. The number of benzene rings is 1. The zero-order valence-corrected chi connectivity index (χ0v) is 23.9. The summed E-state index contributed by atoms with van der Waals surface area (Å²) in [5.74, 6) is 0.223. The van der Waals surface area contributed by atoms with Crippen LogP contribution in [0, 0.1) is 6.92 Å². The molecule has 0 atom stereocenters. The van der Waals surface area contributed by atoms with E-state index in [0.717, 1.165) is 35.2 Å². The second kappa shape index (κ2) is 12.4. The van der Waals surface area contributed by atoms with Crippen molar-refractivity contribution in [1.29, 1.82) is 0 Å². The zero-order valence-electron chi connectivity index (χ0n) is 23.9. The van der Waals surface area contributed by atoms with Crippen LogP contribution in [-0.4, -0.2) is 64.8 Å². The number of methoxy groups -OCH3 is 2. The van der Waals surface area contributed by atoms with Crippen LogP contribution >= 0.6 is 0 Å². The number of aliphatic hydroxyl groups is 1. The molecule has 0 spiro atoms. The van der Waals surface area contributed by atoms with E-state index in [2.05, 4.69) is 15.4 Å². The summed E-state index contributed by atoms with van der Waals surface area (Å²) in [4.78, 5) is 17.0. The summed E-state index contributed by atoms with van der Waals surface area (Å²) in [6.07, 6.45) is 1.71. The number of carbonyl (C=O) groups is 1. The van der Waals surface area contributed by atoms with Gasteiger partial charge in [-0.25, -0.2) is 4.52 Å². The van der Waals surface area contributed by atoms with Crippen LogP contribution < -0.4 is 24.8 Å². The Balaban J connectivity index is 1.39. The quantitative estimate of drug-likeness (QED) is 0.233. The van der Waals surface area contributed by atoms with Gasteiger partial charge in [-0.2, -0.15) is 18.3 Å². The van der Waals surface area contributed by atoms with Gasteiger partial charge in [-0.05, 0) is 56.4 Å². The average molecular weight is 600 g/mol. The number of aromatic nitrogens is 3. The van der Waals surface area contributed by atoms with Gasteiger partial charge in [0.25, 0.3) is 5.91 Å². The molecule has 0 radical (unpaired) electrons. The van der Waals surface area contributed by atoms with Gasteiger partial charge in [0.05, 0.1) is 38.1 Å². The number of aliphatic hydroxyl groups excluding tert-OH is 1. The standard InChI is InChI=1S/C30H32F3N5O5/c1-17-10-23(26(15-34-17)43-22-6-4-21(39)5-7-22)18-8-9-38-20(11-18)14-27(37-38)36-19-12-24(41-2)28(25(13-19)42-3)29(40)35-16-30(31,32)33/h8-15,21-22,39H,4-7,16H2,1-3H3,(H,35,40)(H,36,37). The first-order chi connectivity index (χ1) is 20.5. The van der Waals surface area contributed by atoms with E-state index < -0.39 is 18.6 Å². The SMILES string of the molecule is COc1cc(Nc2cc3cc(-c4cc(C)ncc4OC4CCC(O)CC4)ccn3n2)cc(OC)c1C(=O)NCC(F)(F)F. The normalized spacial score (nSPS) is 17.0. The van der Waals surface area contributed by atoms with Crippen molar-refractivity contribution in [2.75, 3.05) is 26.1 Å². The lowest BCUT2D eigenvalue weighted by Crippen LogP contribution is -2.34. The van der Waals surface area contributed by atoms with Gasteiger partial charge in [0.1, 0.15) is 29.4 Å². The molecule has 4 aromatic rings. The Labute approximate surface area is 245 Å². The van der Waals surface area contributed by atoms with Gasteiger partial charge in [-0.1, -0.05) is 0 Å². The number of nitrogens with one attached hydrogen (secondary N) is 2. The number of halogens is 3. The van der Waals surface area contributed by atoms with E-state index in [1.54, 1.807) is 10.7 Å². The van der Waals surface area contributed by atoms with Gasteiger partial charge in [0, 0.05) is 41.3 Å². The van der Waals surface area contributed by atoms with Crippen molar-refractivity contribution >= 4 is 22.9 Å². The fourth-order valence-corrected chi connectivity index (χ4v) is 5.06. The van der Waals surface area contributed by atoms with Crippen LogP contribution in [0.5, 0.6) is 17.2 Å². The lowest BCUT2D eigenvalue weighted by molar-refractivity contribution is -0.123. The molecule has 228 valence electrons. The van der Waals surface area contributed by atoms with Crippen LogP contribution in [0.1, 0.15) is 41.7 Å². The summed E-state index contributed by atoms with van der Waals surface area (Å²) in [6.45, 7) is 0.427. The second-order valence-electron chi connectivity index (χ2n) is 10.4. The van der Waals surface area contributed by atoms with Gasteiger partial charge >= 0.3 is 6.18 Å². The predicted octanol–water partition coefficient (Wildman–Crippen LogP) is 5.44. The minimum atomic E-state index is -4.56. The van der Waals surface area contributed by atoms with Gasteiger partial charge in [-0.15, -0.1) is 0 Å². The van der Waals surface area contributed by atoms with Gasteiger partial charge in [-0.3, -0.25) is 9.78 Å². The minimum absolute atomic E-state index is 0.0113. The van der Waals surface area contributed by atoms with Crippen LogP contribution in [0.15, 0.2) is 48.8 Å². The highest BCUT2D eigenvalue weighted by atomic mass is 19.4. The fraction of sp³-hybridized carbons (Fsp3) is 0.367. The number of fused-ring (bicyclic) bond motifs is 1. The molecule has 3 aromatic heterocycles. The minimum Gasteiger partial charge on any atom is -0.496 e. The van der Waals surface area contributed by atoms with Crippen LogP contribution in [0.25, 0.3) is 16.6 Å². The van der Waals surface area contributed by atoms with Crippen molar-refractivity contribution in [3.8, 4) is 28.4 Å². The Morgan fingerprint density at radius 1 is 1.05 bits per heavy atom. The van der Waals surface area contributed by atoms with Crippen molar-refractivity contribution < 1.29 is 37.3 Å². The lowest BCUT2D eigenvalue weighted by Gasteiger charge is -2.27. The van der Waals surface area contributed by atoms with Crippen molar-refractivity contribution in [2.45, 2.75) is 51.0 Å².